The summed E-state index contributed by atoms with van der Waals surface area (Å²) in [5.41, 5.74) is 2.93. The standard InChI is InChI=1S/C13H13N5O/c1-8-15-10-5-9(3-4-12(10)17(8)2)11-6-18(7-14)13(19)16-11/h3-5,11H,6H2,1-2H3,(H,16,19). The summed E-state index contributed by atoms with van der Waals surface area (Å²) in [5.74, 6) is 0.946. The van der Waals surface area contributed by atoms with E-state index in [2.05, 4.69) is 10.3 Å². The lowest BCUT2D eigenvalue weighted by molar-refractivity contribution is 0.232. The Hall–Kier alpha value is -2.55. The van der Waals surface area contributed by atoms with Crippen molar-refractivity contribution in [2.45, 2.75) is 13.0 Å². The van der Waals surface area contributed by atoms with E-state index in [9.17, 15) is 4.79 Å². The molecule has 0 spiro atoms. The first-order valence-electron chi connectivity index (χ1n) is 6.01. The first kappa shape index (κ1) is 11.5. The molecule has 1 fully saturated rings. The molecule has 0 saturated carbocycles. The van der Waals surface area contributed by atoms with Crippen LogP contribution in [0.2, 0.25) is 0 Å². The first-order chi connectivity index (χ1) is 9.10. The van der Waals surface area contributed by atoms with Crippen LogP contribution in [0.4, 0.5) is 4.79 Å². The number of amides is 2. The van der Waals surface area contributed by atoms with Crippen molar-refractivity contribution in [2.24, 2.45) is 7.05 Å². The van der Waals surface area contributed by atoms with Gasteiger partial charge in [0.25, 0.3) is 0 Å². The average Bonchev–Trinajstić information content (AvgIpc) is 2.91. The number of nitriles is 1. The molecule has 1 aliphatic rings. The van der Waals surface area contributed by atoms with Crippen molar-refractivity contribution in [3.63, 3.8) is 0 Å². The molecular weight excluding hydrogens is 242 g/mol. The molecule has 1 N–H and O–H groups in total. The highest BCUT2D eigenvalue weighted by molar-refractivity contribution is 5.80. The number of carbonyl (C=O) groups is 1. The van der Waals surface area contributed by atoms with Crippen molar-refractivity contribution >= 4 is 17.1 Å². The van der Waals surface area contributed by atoms with Gasteiger partial charge in [0.1, 0.15) is 5.82 Å². The SMILES string of the molecule is Cc1nc2cc(C3CN(C#N)C(=O)N3)ccc2n1C. The van der Waals surface area contributed by atoms with Crippen molar-refractivity contribution in [1.29, 1.82) is 5.26 Å². The predicted octanol–water partition coefficient (Wildman–Crippen LogP) is 1.43. The molecule has 1 aromatic carbocycles. The molecule has 1 atom stereocenters. The Bertz CT molecular complexity index is 712. The quantitative estimate of drug-likeness (QED) is 0.783. The van der Waals surface area contributed by atoms with Crippen molar-refractivity contribution in [3.05, 3.63) is 29.6 Å². The van der Waals surface area contributed by atoms with Gasteiger partial charge in [-0.05, 0) is 24.6 Å². The van der Waals surface area contributed by atoms with Gasteiger partial charge >= 0.3 is 6.03 Å². The van der Waals surface area contributed by atoms with Crippen molar-refractivity contribution in [1.82, 2.24) is 19.8 Å². The zero-order chi connectivity index (χ0) is 13.6. The summed E-state index contributed by atoms with van der Waals surface area (Å²) in [5, 5.41) is 11.6. The Morgan fingerprint density at radius 3 is 3.00 bits per heavy atom. The summed E-state index contributed by atoms with van der Waals surface area (Å²) in [6.07, 6.45) is 1.87. The van der Waals surface area contributed by atoms with Crippen LogP contribution in [0.3, 0.4) is 0 Å². The monoisotopic (exact) mass is 255 g/mol. The molecule has 19 heavy (non-hydrogen) atoms. The first-order valence-corrected chi connectivity index (χ1v) is 6.01. The number of benzene rings is 1. The Morgan fingerprint density at radius 1 is 1.53 bits per heavy atom. The zero-order valence-corrected chi connectivity index (χ0v) is 10.7. The maximum atomic E-state index is 11.5. The van der Waals surface area contributed by atoms with Gasteiger partial charge in [0, 0.05) is 7.05 Å². The maximum absolute atomic E-state index is 11.5. The van der Waals surface area contributed by atoms with E-state index in [1.807, 2.05) is 42.9 Å². The predicted molar refractivity (Wildman–Crippen MR) is 69.0 cm³/mol. The summed E-state index contributed by atoms with van der Waals surface area (Å²) < 4.78 is 2.02. The largest absolute Gasteiger partial charge is 0.331 e. The second kappa shape index (κ2) is 3.99. The van der Waals surface area contributed by atoms with Crippen molar-refractivity contribution < 1.29 is 4.79 Å². The Balaban J connectivity index is 1.99. The molecular formula is C13H13N5O. The fourth-order valence-corrected chi connectivity index (χ4v) is 2.37. The minimum Gasteiger partial charge on any atom is -0.331 e. The molecule has 1 aliphatic heterocycles. The summed E-state index contributed by atoms with van der Waals surface area (Å²) in [6, 6.07) is 5.43. The number of nitrogens with zero attached hydrogens (tertiary/aromatic N) is 4. The maximum Gasteiger partial charge on any atom is 0.331 e. The molecule has 1 aromatic heterocycles. The number of carbonyl (C=O) groups excluding carboxylic acids is 1. The van der Waals surface area contributed by atoms with Gasteiger partial charge in [-0.25, -0.2) is 14.7 Å². The Kier molecular flexibility index (Phi) is 2.42. The molecule has 2 aromatic rings. The number of hydrogen-bond acceptors (Lipinski definition) is 3. The fraction of sp³-hybridized carbons (Fsp3) is 0.308. The molecule has 96 valence electrons. The third-order valence-corrected chi connectivity index (χ3v) is 3.56. The zero-order valence-electron chi connectivity index (χ0n) is 10.7. The van der Waals surface area contributed by atoms with Gasteiger partial charge in [0.05, 0.1) is 23.6 Å². The molecule has 6 heteroatoms. The van der Waals surface area contributed by atoms with Crippen LogP contribution in [-0.2, 0) is 7.05 Å². The lowest BCUT2D eigenvalue weighted by Gasteiger charge is -2.08. The molecule has 2 heterocycles. The smallest absolute Gasteiger partial charge is 0.331 e. The lowest BCUT2D eigenvalue weighted by Crippen LogP contribution is -2.23. The molecule has 0 aliphatic carbocycles. The van der Waals surface area contributed by atoms with E-state index in [1.54, 1.807) is 0 Å². The molecule has 6 nitrogen and oxygen atoms in total. The lowest BCUT2D eigenvalue weighted by atomic mass is 10.1. The summed E-state index contributed by atoms with van der Waals surface area (Å²) >= 11 is 0. The van der Waals surface area contributed by atoms with E-state index >= 15 is 0 Å². The van der Waals surface area contributed by atoms with E-state index in [-0.39, 0.29) is 12.1 Å². The highest BCUT2D eigenvalue weighted by Gasteiger charge is 2.29. The molecule has 2 amide bonds. The Labute approximate surface area is 110 Å². The van der Waals surface area contributed by atoms with E-state index < -0.39 is 0 Å². The number of fused-ring (bicyclic) bond motifs is 1. The van der Waals surface area contributed by atoms with Crippen LogP contribution in [0.1, 0.15) is 17.4 Å². The Morgan fingerprint density at radius 2 is 2.32 bits per heavy atom. The minimum atomic E-state index is -0.343. The highest BCUT2D eigenvalue weighted by atomic mass is 16.2. The number of urea groups is 1. The number of aromatic nitrogens is 2. The summed E-state index contributed by atoms with van der Waals surface area (Å²) in [4.78, 5) is 17.1. The van der Waals surface area contributed by atoms with E-state index in [0.717, 1.165) is 27.3 Å². The normalized spacial score (nSPS) is 18.7. The van der Waals surface area contributed by atoms with E-state index in [0.29, 0.717) is 6.54 Å². The van der Waals surface area contributed by atoms with Gasteiger partial charge in [-0.15, -0.1) is 0 Å². The number of hydrogen-bond donors (Lipinski definition) is 1. The van der Waals surface area contributed by atoms with Crippen molar-refractivity contribution in [2.75, 3.05) is 6.54 Å². The van der Waals surface area contributed by atoms with Crippen LogP contribution >= 0.6 is 0 Å². The van der Waals surface area contributed by atoms with Crippen LogP contribution in [0, 0.1) is 18.4 Å². The topological polar surface area (TPSA) is 73.9 Å². The van der Waals surface area contributed by atoms with Gasteiger partial charge < -0.3 is 9.88 Å². The van der Waals surface area contributed by atoms with E-state index in [4.69, 9.17) is 5.26 Å². The number of imidazole rings is 1. The minimum absolute atomic E-state index is 0.154. The number of nitrogens with one attached hydrogen (secondary N) is 1. The van der Waals surface area contributed by atoms with Gasteiger partial charge in [0.2, 0.25) is 0 Å². The molecule has 0 radical (unpaired) electrons. The average molecular weight is 255 g/mol. The molecule has 1 saturated heterocycles. The summed E-state index contributed by atoms with van der Waals surface area (Å²) in [7, 11) is 1.97. The van der Waals surface area contributed by atoms with Crippen LogP contribution in [0.25, 0.3) is 11.0 Å². The summed E-state index contributed by atoms with van der Waals surface area (Å²) in [6.45, 7) is 2.32. The fourth-order valence-electron chi connectivity index (χ4n) is 2.37. The second-order valence-corrected chi connectivity index (χ2v) is 4.68. The van der Waals surface area contributed by atoms with Crippen LogP contribution in [0.15, 0.2) is 18.2 Å². The van der Waals surface area contributed by atoms with Gasteiger partial charge in [0.15, 0.2) is 6.19 Å². The van der Waals surface area contributed by atoms with Gasteiger partial charge in [-0.2, -0.15) is 5.26 Å². The van der Waals surface area contributed by atoms with Gasteiger partial charge in [-0.1, -0.05) is 6.07 Å². The highest BCUT2D eigenvalue weighted by Crippen LogP contribution is 2.24. The number of rotatable bonds is 1. The molecule has 3 rings (SSSR count). The van der Waals surface area contributed by atoms with Gasteiger partial charge in [-0.3, -0.25) is 0 Å². The number of aryl methyl sites for hydroxylation is 2. The molecule has 1 unspecified atom stereocenters. The van der Waals surface area contributed by atoms with Crippen LogP contribution in [0.5, 0.6) is 0 Å². The van der Waals surface area contributed by atoms with Crippen molar-refractivity contribution in [3.8, 4) is 6.19 Å². The third kappa shape index (κ3) is 1.71. The second-order valence-electron chi connectivity index (χ2n) is 4.68. The van der Waals surface area contributed by atoms with Crippen LogP contribution < -0.4 is 5.32 Å². The van der Waals surface area contributed by atoms with E-state index in [1.165, 1.54) is 0 Å². The molecule has 0 bridgehead atoms. The third-order valence-electron chi connectivity index (χ3n) is 3.56. The van der Waals surface area contributed by atoms with Crippen LogP contribution in [-0.4, -0.2) is 27.0 Å².